The summed E-state index contributed by atoms with van der Waals surface area (Å²) in [6, 6.07) is 2.04. The molecule has 0 amide bonds. The normalized spacial score (nSPS) is 21.3. The Morgan fingerprint density at radius 2 is 2.27 bits per heavy atom. The van der Waals surface area contributed by atoms with Gasteiger partial charge in [-0.25, -0.2) is 0 Å². The Morgan fingerprint density at radius 3 is 2.64 bits per heavy atom. The van der Waals surface area contributed by atoms with E-state index in [2.05, 4.69) is 6.92 Å². The molecule has 0 unspecified atom stereocenters. The zero-order chi connectivity index (χ0) is 7.90. The van der Waals surface area contributed by atoms with Gasteiger partial charge in [-0.15, -0.1) is 11.3 Å². The van der Waals surface area contributed by atoms with E-state index in [1.807, 2.05) is 11.4 Å². The van der Waals surface area contributed by atoms with Crippen LogP contribution < -0.4 is 0 Å². The van der Waals surface area contributed by atoms with E-state index >= 15 is 0 Å². The standard InChI is InChI=1S/C8H10OS2/c1-6-7(2-3-11-6)8(9)4-10-5-8/h2-3,9H,4-5H2,1H3. The Balaban J connectivity index is 2.35. The lowest BCUT2D eigenvalue weighted by atomic mass is 9.98. The van der Waals surface area contributed by atoms with Crippen molar-refractivity contribution in [2.75, 3.05) is 11.5 Å². The fourth-order valence-electron chi connectivity index (χ4n) is 1.32. The number of thioether (sulfide) groups is 1. The number of hydrogen-bond acceptors (Lipinski definition) is 3. The van der Waals surface area contributed by atoms with Crippen LogP contribution >= 0.6 is 23.1 Å². The Bertz CT molecular complexity index is 263. The summed E-state index contributed by atoms with van der Waals surface area (Å²) in [5, 5.41) is 12.0. The predicted octanol–water partition coefficient (Wildman–Crippen LogP) is 1.99. The maximum absolute atomic E-state index is 9.94. The van der Waals surface area contributed by atoms with Gasteiger partial charge in [0.2, 0.25) is 0 Å². The van der Waals surface area contributed by atoms with Gasteiger partial charge < -0.3 is 5.11 Å². The van der Waals surface area contributed by atoms with Crippen LogP contribution in [0.3, 0.4) is 0 Å². The van der Waals surface area contributed by atoms with E-state index < -0.39 is 5.60 Å². The van der Waals surface area contributed by atoms with Gasteiger partial charge in [0.1, 0.15) is 5.60 Å². The molecule has 1 fully saturated rings. The van der Waals surface area contributed by atoms with Crippen molar-refractivity contribution in [2.45, 2.75) is 12.5 Å². The van der Waals surface area contributed by atoms with Gasteiger partial charge in [0.05, 0.1) is 0 Å². The highest BCUT2D eigenvalue weighted by Gasteiger charge is 2.38. The molecule has 0 radical (unpaired) electrons. The monoisotopic (exact) mass is 186 g/mol. The average molecular weight is 186 g/mol. The van der Waals surface area contributed by atoms with Crippen LogP contribution in [0.4, 0.5) is 0 Å². The Kier molecular flexibility index (Phi) is 1.74. The largest absolute Gasteiger partial charge is 0.383 e. The Morgan fingerprint density at radius 1 is 1.55 bits per heavy atom. The van der Waals surface area contributed by atoms with E-state index in [9.17, 15) is 5.11 Å². The Labute approximate surface area is 74.4 Å². The third kappa shape index (κ3) is 1.11. The zero-order valence-electron chi connectivity index (χ0n) is 6.33. The average Bonchev–Trinajstić information content (AvgIpc) is 2.30. The fraction of sp³-hybridized carbons (Fsp3) is 0.500. The fourth-order valence-corrected chi connectivity index (χ4v) is 3.01. The molecule has 0 aliphatic carbocycles. The summed E-state index contributed by atoms with van der Waals surface area (Å²) in [5.41, 5.74) is 0.649. The molecule has 0 spiro atoms. The molecule has 1 aromatic rings. The molecule has 0 atom stereocenters. The molecule has 2 rings (SSSR count). The van der Waals surface area contributed by atoms with Crippen LogP contribution in [-0.4, -0.2) is 16.6 Å². The van der Waals surface area contributed by atoms with Crippen molar-refractivity contribution in [2.24, 2.45) is 0 Å². The molecule has 1 nitrogen and oxygen atoms in total. The number of thiophene rings is 1. The van der Waals surface area contributed by atoms with E-state index in [1.165, 1.54) is 4.88 Å². The summed E-state index contributed by atoms with van der Waals surface area (Å²) in [6.45, 7) is 2.07. The molecule has 0 saturated carbocycles. The van der Waals surface area contributed by atoms with Crippen molar-refractivity contribution in [3.05, 3.63) is 21.9 Å². The SMILES string of the molecule is Cc1sccc1C1(O)CSC1. The maximum atomic E-state index is 9.94. The van der Waals surface area contributed by atoms with Crippen LogP contribution in [0.15, 0.2) is 11.4 Å². The first kappa shape index (κ1) is 7.65. The summed E-state index contributed by atoms with van der Waals surface area (Å²) in [4.78, 5) is 1.26. The van der Waals surface area contributed by atoms with Gasteiger partial charge >= 0.3 is 0 Å². The van der Waals surface area contributed by atoms with Gasteiger partial charge in [-0.3, -0.25) is 0 Å². The van der Waals surface area contributed by atoms with Gasteiger partial charge in [0, 0.05) is 16.4 Å². The summed E-state index contributed by atoms with van der Waals surface area (Å²) in [6.07, 6.45) is 0. The molecule has 2 heterocycles. The smallest absolute Gasteiger partial charge is 0.109 e. The molecule has 1 N–H and O–H groups in total. The highest BCUT2D eigenvalue weighted by molar-refractivity contribution is 8.00. The first-order chi connectivity index (χ1) is 5.22. The molecule has 1 aliphatic heterocycles. The van der Waals surface area contributed by atoms with Crippen LogP contribution in [0, 0.1) is 6.92 Å². The van der Waals surface area contributed by atoms with Crippen LogP contribution in [0.5, 0.6) is 0 Å². The second-order valence-corrected chi connectivity index (χ2v) is 5.02. The first-order valence-electron chi connectivity index (χ1n) is 3.57. The summed E-state index contributed by atoms with van der Waals surface area (Å²) in [5.74, 6) is 1.73. The second-order valence-electron chi connectivity index (χ2n) is 2.91. The van der Waals surface area contributed by atoms with E-state index in [-0.39, 0.29) is 0 Å². The minimum atomic E-state index is -0.491. The van der Waals surface area contributed by atoms with Crippen molar-refractivity contribution in [3.8, 4) is 0 Å². The predicted molar refractivity (Wildman–Crippen MR) is 50.3 cm³/mol. The lowest BCUT2D eigenvalue weighted by molar-refractivity contribution is 0.0767. The van der Waals surface area contributed by atoms with Crippen LogP contribution in [0.1, 0.15) is 10.4 Å². The highest BCUT2D eigenvalue weighted by atomic mass is 32.2. The summed E-state index contributed by atoms with van der Waals surface area (Å²) >= 11 is 3.52. The first-order valence-corrected chi connectivity index (χ1v) is 5.60. The molecule has 11 heavy (non-hydrogen) atoms. The quantitative estimate of drug-likeness (QED) is 0.724. The van der Waals surface area contributed by atoms with E-state index in [1.54, 1.807) is 23.1 Å². The number of hydrogen-bond donors (Lipinski definition) is 1. The van der Waals surface area contributed by atoms with Crippen molar-refractivity contribution >= 4 is 23.1 Å². The Hall–Kier alpha value is 0.01000. The van der Waals surface area contributed by atoms with E-state index in [0.29, 0.717) is 0 Å². The molecule has 0 aromatic carbocycles. The van der Waals surface area contributed by atoms with Crippen molar-refractivity contribution < 1.29 is 5.11 Å². The topological polar surface area (TPSA) is 20.2 Å². The van der Waals surface area contributed by atoms with Crippen LogP contribution in [-0.2, 0) is 5.60 Å². The van der Waals surface area contributed by atoms with Crippen molar-refractivity contribution in [1.29, 1.82) is 0 Å². The van der Waals surface area contributed by atoms with Crippen LogP contribution in [0.2, 0.25) is 0 Å². The van der Waals surface area contributed by atoms with Gasteiger partial charge in [-0.05, 0) is 23.9 Å². The van der Waals surface area contributed by atoms with Gasteiger partial charge in [-0.2, -0.15) is 11.8 Å². The lowest BCUT2D eigenvalue weighted by Crippen LogP contribution is -2.40. The molecule has 1 aliphatic rings. The minimum Gasteiger partial charge on any atom is -0.383 e. The molecular weight excluding hydrogens is 176 g/mol. The third-order valence-corrected chi connectivity index (χ3v) is 4.25. The molecule has 60 valence electrons. The second kappa shape index (κ2) is 2.51. The van der Waals surface area contributed by atoms with Gasteiger partial charge in [-0.1, -0.05) is 0 Å². The number of aliphatic hydroxyl groups is 1. The van der Waals surface area contributed by atoms with Crippen LogP contribution in [0.25, 0.3) is 0 Å². The van der Waals surface area contributed by atoms with Crippen molar-refractivity contribution in [1.82, 2.24) is 0 Å². The molecular formula is C8H10OS2. The molecule has 1 aromatic heterocycles. The van der Waals surface area contributed by atoms with Gasteiger partial charge in [0.25, 0.3) is 0 Å². The number of aryl methyl sites for hydroxylation is 1. The molecule has 0 bridgehead atoms. The lowest BCUT2D eigenvalue weighted by Gasteiger charge is -2.36. The maximum Gasteiger partial charge on any atom is 0.109 e. The zero-order valence-corrected chi connectivity index (χ0v) is 7.97. The van der Waals surface area contributed by atoms with Crippen molar-refractivity contribution in [3.63, 3.8) is 0 Å². The summed E-state index contributed by atoms with van der Waals surface area (Å²) < 4.78 is 0. The van der Waals surface area contributed by atoms with E-state index in [4.69, 9.17) is 0 Å². The highest BCUT2D eigenvalue weighted by Crippen LogP contribution is 2.40. The molecule has 1 saturated heterocycles. The van der Waals surface area contributed by atoms with Gasteiger partial charge in [0.15, 0.2) is 0 Å². The molecule has 3 heteroatoms. The summed E-state index contributed by atoms with van der Waals surface area (Å²) in [7, 11) is 0. The minimum absolute atomic E-state index is 0.491. The number of rotatable bonds is 1. The third-order valence-electron chi connectivity index (χ3n) is 2.04. The van der Waals surface area contributed by atoms with E-state index in [0.717, 1.165) is 17.1 Å².